The Morgan fingerprint density at radius 3 is 3.00 bits per heavy atom. The maximum atomic E-state index is 3.72. The van der Waals surface area contributed by atoms with Crippen LogP contribution in [0.2, 0.25) is 0 Å². The van der Waals surface area contributed by atoms with Gasteiger partial charge in [0, 0.05) is 18.3 Å². The summed E-state index contributed by atoms with van der Waals surface area (Å²) in [6.07, 6.45) is 3.91. The minimum Gasteiger partial charge on any atom is -0.381 e. The molecule has 0 radical (unpaired) electrons. The summed E-state index contributed by atoms with van der Waals surface area (Å²) in [4.78, 5) is 2.56. The number of rotatable bonds is 2. The molecule has 0 spiro atoms. The number of nitrogens with one attached hydrogen (secondary N) is 1. The lowest BCUT2D eigenvalue weighted by Gasteiger charge is -2.37. The number of fused-ring (bicyclic) bond motifs is 1. The Morgan fingerprint density at radius 1 is 1.38 bits per heavy atom. The van der Waals surface area contributed by atoms with Crippen molar-refractivity contribution in [3.8, 4) is 0 Å². The van der Waals surface area contributed by atoms with Crippen molar-refractivity contribution in [1.82, 2.24) is 4.90 Å². The molecule has 0 saturated carbocycles. The molecule has 1 unspecified atom stereocenters. The van der Waals surface area contributed by atoms with Crippen molar-refractivity contribution in [3.05, 3.63) is 29.3 Å². The molecular formula is C14H20N2. The Labute approximate surface area is 97.6 Å². The van der Waals surface area contributed by atoms with Gasteiger partial charge in [-0.25, -0.2) is 0 Å². The average molecular weight is 216 g/mol. The molecule has 16 heavy (non-hydrogen) atoms. The maximum Gasteiger partial charge on any atom is 0.0405 e. The Kier molecular flexibility index (Phi) is 2.60. The largest absolute Gasteiger partial charge is 0.381 e. The summed E-state index contributed by atoms with van der Waals surface area (Å²) in [7, 11) is 0. The Hall–Kier alpha value is -1.02. The molecule has 1 atom stereocenters. The Balaban J connectivity index is 1.72. The minimum absolute atomic E-state index is 0.661. The fraction of sp³-hybridized carbons (Fsp3) is 0.571. The first kappa shape index (κ1) is 10.2. The van der Waals surface area contributed by atoms with E-state index in [4.69, 9.17) is 0 Å². The van der Waals surface area contributed by atoms with Crippen LogP contribution >= 0.6 is 0 Å². The van der Waals surface area contributed by atoms with Gasteiger partial charge in [-0.1, -0.05) is 18.2 Å². The summed E-state index contributed by atoms with van der Waals surface area (Å²) in [6.45, 7) is 6.04. The number of likely N-dealkylation sites (tertiary alicyclic amines) is 1. The van der Waals surface area contributed by atoms with Crippen LogP contribution in [0.25, 0.3) is 0 Å². The number of para-hydroxylation sites is 1. The first-order valence-electron chi connectivity index (χ1n) is 6.40. The van der Waals surface area contributed by atoms with Gasteiger partial charge in [0.15, 0.2) is 0 Å². The number of anilines is 1. The summed E-state index contributed by atoms with van der Waals surface area (Å²) in [5.41, 5.74) is 4.30. The highest BCUT2D eigenvalue weighted by molar-refractivity contribution is 5.59. The van der Waals surface area contributed by atoms with Crippen LogP contribution in [0, 0.1) is 6.92 Å². The van der Waals surface area contributed by atoms with Crippen LogP contribution in [0.5, 0.6) is 0 Å². The molecule has 0 aromatic heterocycles. The lowest BCUT2D eigenvalue weighted by atomic mass is 9.95. The standard InChI is InChI=1S/C14H20N2/c1-11-4-2-5-12-6-7-13(15-14(11)12)10-16-8-3-9-16/h2,4-5,13,15H,3,6-10H2,1H3. The highest BCUT2D eigenvalue weighted by Crippen LogP contribution is 2.28. The van der Waals surface area contributed by atoms with E-state index in [1.807, 2.05) is 0 Å². The smallest absolute Gasteiger partial charge is 0.0405 e. The highest BCUT2D eigenvalue weighted by atomic mass is 15.2. The molecule has 1 fully saturated rings. The molecule has 2 nitrogen and oxygen atoms in total. The van der Waals surface area contributed by atoms with Gasteiger partial charge in [0.2, 0.25) is 0 Å². The second-order valence-corrected chi connectivity index (χ2v) is 5.14. The second kappa shape index (κ2) is 4.10. The number of aryl methyl sites for hydroxylation is 2. The average Bonchev–Trinajstić information content (AvgIpc) is 2.24. The van der Waals surface area contributed by atoms with Crippen molar-refractivity contribution in [2.24, 2.45) is 0 Å². The predicted octanol–water partition coefficient (Wildman–Crippen LogP) is 2.43. The number of hydrogen-bond acceptors (Lipinski definition) is 2. The fourth-order valence-corrected chi connectivity index (χ4v) is 2.76. The Bertz CT molecular complexity index is 382. The monoisotopic (exact) mass is 216 g/mol. The molecule has 1 saturated heterocycles. The fourth-order valence-electron chi connectivity index (χ4n) is 2.76. The van der Waals surface area contributed by atoms with Crippen LogP contribution in [0.4, 0.5) is 5.69 Å². The maximum absolute atomic E-state index is 3.72. The van der Waals surface area contributed by atoms with E-state index >= 15 is 0 Å². The van der Waals surface area contributed by atoms with E-state index < -0.39 is 0 Å². The van der Waals surface area contributed by atoms with Gasteiger partial charge in [-0.15, -0.1) is 0 Å². The van der Waals surface area contributed by atoms with E-state index in [-0.39, 0.29) is 0 Å². The van der Waals surface area contributed by atoms with Crippen LogP contribution < -0.4 is 5.32 Å². The van der Waals surface area contributed by atoms with Crippen molar-refractivity contribution in [2.75, 3.05) is 25.0 Å². The molecule has 0 aliphatic carbocycles. The Morgan fingerprint density at radius 2 is 2.25 bits per heavy atom. The third-order valence-corrected chi connectivity index (χ3v) is 3.90. The molecular weight excluding hydrogens is 196 g/mol. The number of hydrogen-bond donors (Lipinski definition) is 1. The summed E-state index contributed by atoms with van der Waals surface area (Å²) >= 11 is 0. The van der Waals surface area contributed by atoms with Crippen LogP contribution in [0.1, 0.15) is 24.0 Å². The molecule has 0 bridgehead atoms. The summed E-state index contributed by atoms with van der Waals surface area (Å²) in [6, 6.07) is 7.30. The van der Waals surface area contributed by atoms with Gasteiger partial charge in [-0.2, -0.15) is 0 Å². The summed E-state index contributed by atoms with van der Waals surface area (Å²) < 4.78 is 0. The van der Waals surface area contributed by atoms with E-state index in [0.29, 0.717) is 6.04 Å². The number of nitrogens with zero attached hydrogens (tertiary/aromatic N) is 1. The van der Waals surface area contributed by atoms with E-state index in [1.54, 1.807) is 0 Å². The lowest BCUT2D eigenvalue weighted by molar-refractivity contribution is 0.171. The molecule has 86 valence electrons. The minimum atomic E-state index is 0.661. The predicted molar refractivity (Wildman–Crippen MR) is 68.0 cm³/mol. The van der Waals surface area contributed by atoms with Gasteiger partial charge in [-0.05, 0) is 50.4 Å². The van der Waals surface area contributed by atoms with Crippen molar-refractivity contribution >= 4 is 5.69 Å². The van der Waals surface area contributed by atoms with Crippen molar-refractivity contribution < 1.29 is 0 Å². The van der Waals surface area contributed by atoms with Gasteiger partial charge in [-0.3, -0.25) is 0 Å². The van der Waals surface area contributed by atoms with Crippen molar-refractivity contribution in [1.29, 1.82) is 0 Å². The molecule has 0 amide bonds. The van der Waals surface area contributed by atoms with Crippen molar-refractivity contribution in [2.45, 2.75) is 32.2 Å². The van der Waals surface area contributed by atoms with Crippen LogP contribution in [-0.4, -0.2) is 30.6 Å². The molecule has 2 aliphatic heterocycles. The lowest BCUT2D eigenvalue weighted by Crippen LogP contribution is -2.45. The molecule has 1 aromatic carbocycles. The summed E-state index contributed by atoms with van der Waals surface area (Å²) in [5, 5.41) is 3.72. The zero-order chi connectivity index (χ0) is 11.0. The van der Waals surface area contributed by atoms with Gasteiger partial charge in [0.1, 0.15) is 0 Å². The van der Waals surface area contributed by atoms with Crippen molar-refractivity contribution in [3.63, 3.8) is 0 Å². The SMILES string of the molecule is Cc1cccc2c1NC(CN1CCC1)CC2. The first-order valence-corrected chi connectivity index (χ1v) is 6.40. The molecule has 1 aromatic rings. The van der Waals surface area contributed by atoms with Gasteiger partial charge < -0.3 is 10.2 Å². The third-order valence-electron chi connectivity index (χ3n) is 3.90. The van der Waals surface area contributed by atoms with E-state index in [2.05, 4.69) is 35.3 Å². The van der Waals surface area contributed by atoms with Crippen LogP contribution in [0.15, 0.2) is 18.2 Å². The zero-order valence-electron chi connectivity index (χ0n) is 10.00. The van der Waals surface area contributed by atoms with E-state index in [1.165, 1.54) is 55.7 Å². The number of benzene rings is 1. The first-order chi connectivity index (χ1) is 7.83. The third kappa shape index (κ3) is 1.82. The molecule has 1 N–H and O–H groups in total. The van der Waals surface area contributed by atoms with E-state index in [0.717, 1.165) is 0 Å². The topological polar surface area (TPSA) is 15.3 Å². The normalized spacial score (nSPS) is 24.4. The molecule has 2 heteroatoms. The second-order valence-electron chi connectivity index (χ2n) is 5.14. The molecule has 2 heterocycles. The summed E-state index contributed by atoms with van der Waals surface area (Å²) in [5.74, 6) is 0. The molecule has 2 aliphatic rings. The molecule has 3 rings (SSSR count). The zero-order valence-corrected chi connectivity index (χ0v) is 10.00. The van der Waals surface area contributed by atoms with Gasteiger partial charge in [0.25, 0.3) is 0 Å². The quantitative estimate of drug-likeness (QED) is 0.817. The van der Waals surface area contributed by atoms with Gasteiger partial charge in [0.05, 0.1) is 0 Å². The van der Waals surface area contributed by atoms with E-state index in [9.17, 15) is 0 Å². The van der Waals surface area contributed by atoms with Crippen LogP contribution in [-0.2, 0) is 6.42 Å². The highest BCUT2D eigenvalue weighted by Gasteiger charge is 2.23. The van der Waals surface area contributed by atoms with Crippen LogP contribution in [0.3, 0.4) is 0 Å². The van der Waals surface area contributed by atoms with Gasteiger partial charge >= 0.3 is 0 Å².